The van der Waals surface area contributed by atoms with Crippen molar-refractivity contribution in [2.45, 2.75) is 89.1 Å². The van der Waals surface area contributed by atoms with Crippen LogP contribution in [0.3, 0.4) is 0 Å². The van der Waals surface area contributed by atoms with Crippen LogP contribution in [0.1, 0.15) is 107 Å². The molecule has 4 aromatic rings. The van der Waals surface area contributed by atoms with E-state index in [0.717, 1.165) is 72.5 Å². The first-order valence-electron chi connectivity index (χ1n) is 20.3. The van der Waals surface area contributed by atoms with E-state index in [9.17, 15) is 19.2 Å². The summed E-state index contributed by atoms with van der Waals surface area (Å²) < 4.78 is 6.69. The van der Waals surface area contributed by atoms with Crippen LogP contribution >= 0.6 is 11.3 Å². The number of fused-ring (bicyclic) bond motifs is 2. The van der Waals surface area contributed by atoms with Crippen LogP contribution in [-0.2, 0) is 9.59 Å². The number of thiazole rings is 1. The topological polar surface area (TPSA) is 146 Å². The number of piperidine rings is 2. The van der Waals surface area contributed by atoms with Crippen molar-refractivity contribution in [2.75, 3.05) is 37.4 Å². The first-order valence-corrected chi connectivity index (χ1v) is 21.1. The average molecular weight is 788 g/mol. The summed E-state index contributed by atoms with van der Waals surface area (Å²) in [5.41, 5.74) is 5.69. The number of aromatic nitrogens is 2. The van der Waals surface area contributed by atoms with Gasteiger partial charge in [0.1, 0.15) is 17.5 Å². The zero-order chi connectivity index (χ0) is 39.4. The number of ether oxygens (including phenoxy) is 1. The second kappa shape index (κ2) is 15.0. The van der Waals surface area contributed by atoms with E-state index >= 15 is 0 Å². The van der Waals surface area contributed by atoms with Crippen molar-refractivity contribution in [3.8, 4) is 5.75 Å². The second-order valence-electron chi connectivity index (χ2n) is 16.8. The van der Waals surface area contributed by atoms with E-state index in [1.165, 1.54) is 35.6 Å². The monoisotopic (exact) mass is 787 g/mol. The molecule has 0 bridgehead atoms. The number of imide groups is 1. The molecule has 2 aromatic heterocycles. The van der Waals surface area contributed by atoms with Gasteiger partial charge in [-0.15, -0.1) is 11.3 Å². The van der Waals surface area contributed by atoms with Gasteiger partial charge in [-0.2, -0.15) is 0 Å². The summed E-state index contributed by atoms with van der Waals surface area (Å²) in [7, 11) is 1.61. The van der Waals surface area contributed by atoms with E-state index in [0.29, 0.717) is 58.1 Å². The van der Waals surface area contributed by atoms with E-state index < -0.39 is 11.9 Å². The van der Waals surface area contributed by atoms with Crippen molar-refractivity contribution in [2.24, 2.45) is 11.3 Å². The van der Waals surface area contributed by atoms with Crippen LogP contribution in [0.2, 0.25) is 0 Å². The lowest BCUT2D eigenvalue weighted by atomic mass is 9.60. The first kappa shape index (κ1) is 37.4. The number of carbonyl (C=O) groups excluding carboxylic acids is 4. The van der Waals surface area contributed by atoms with E-state index in [1.54, 1.807) is 24.5 Å². The quantitative estimate of drug-likeness (QED) is 0.151. The largest absolute Gasteiger partial charge is 0.494 e. The summed E-state index contributed by atoms with van der Waals surface area (Å²) in [6, 6.07) is 14.7. The number of carbonyl (C=O) groups is 4. The van der Waals surface area contributed by atoms with Gasteiger partial charge in [0.2, 0.25) is 11.8 Å². The fourth-order valence-corrected chi connectivity index (χ4v) is 11.1. The minimum absolute atomic E-state index is 0.208. The number of rotatable bonds is 9. The van der Waals surface area contributed by atoms with Gasteiger partial charge in [-0.1, -0.05) is 24.8 Å². The molecule has 3 aliphatic heterocycles. The van der Waals surface area contributed by atoms with Crippen LogP contribution in [0.4, 0.5) is 11.4 Å². The van der Waals surface area contributed by atoms with Crippen LogP contribution in [-0.4, -0.2) is 82.2 Å². The first-order chi connectivity index (χ1) is 27.6. The Kier molecular flexibility index (Phi) is 9.84. The number of benzene rings is 2. The van der Waals surface area contributed by atoms with Crippen LogP contribution in [0.5, 0.6) is 5.75 Å². The lowest BCUT2D eigenvalue weighted by Gasteiger charge is -2.53. The maximum absolute atomic E-state index is 13.7. The third-order valence-electron chi connectivity index (χ3n) is 13.1. The van der Waals surface area contributed by atoms with Gasteiger partial charge in [-0.05, 0) is 113 Å². The number of likely N-dealkylation sites (tertiary alicyclic amines) is 1. The highest BCUT2D eigenvalue weighted by atomic mass is 32.1. The van der Waals surface area contributed by atoms with Crippen LogP contribution in [0, 0.1) is 18.3 Å². The van der Waals surface area contributed by atoms with E-state index in [4.69, 9.17) is 9.72 Å². The molecule has 57 heavy (non-hydrogen) atoms. The van der Waals surface area contributed by atoms with Gasteiger partial charge in [0, 0.05) is 53.6 Å². The zero-order valence-electron chi connectivity index (χ0n) is 32.6. The Labute approximate surface area is 336 Å². The number of methoxy groups -OCH3 is 1. The fraction of sp³-hybridized carbons (Fsp3) is 0.455. The molecule has 5 aliphatic rings. The molecule has 2 aromatic carbocycles. The van der Waals surface area contributed by atoms with E-state index in [-0.39, 0.29) is 24.1 Å². The third kappa shape index (κ3) is 7.20. The highest BCUT2D eigenvalue weighted by Gasteiger charge is 2.47. The predicted molar refractivity (Wildman–Crippen MR) is 220 cm³/mol. The molecular formula is C44H49N7O5S. The molecule has 4 fully saturated rings. The standard InChI is InChI=1S/C44H49N7O5S/c1-25-6-4-9-32(45-25)40(53)47-33-21-37-34(20-36(33)56-3)48-42(57-37)28-12-10-27(11-13-28)24-50-18-16-44(17-19-50)22-29(23-44)46-31-8-5-7-30-26(2)51(43(55)39(30)31)35-14-15-38(52)49-41(35)54/h4-9,20-21,27-29,35,46H,2,10-19,22-24H2,1,3H3,(H,47,53)(H,49,52,54)/t27-,28-,35?. The number of anilines is 2. The summed E-state index contributed by atoms with van der Waals surface area (Å²) in [5, 5.41) is 10.2. The number of nitrogens with one attached hydrogen (secondary N) is 3. The molecule has 296 valence electrons. The molecule has 2 aliphatic carbocycles. The van der Waals surface area contributed by atoms with Gasteiger partial charge in [0.15, 0.2) is 0 Å². The Hall–Kier alpha value is -5.14. The number of nitrogens with zero attached hydrogens (tertiary/aromatic N) is 4. The Morgan fingerprint density at radius 1 is 1.00 bits per heavy atom. The van der Waals surface area contributed by atoms with Crippen molar-refractivity contribution < 1.29 is 23.9 Å². The molecule has 9 rings (SSSR count). The number of hydrogen-bond donors (Lipinski definition) is 3. The second-order valence-corrected chi connectivity index (χ2v) is 17.8. The number of pyridine rings is 1. The predicted octanol–water partition coefficient (Wildman–Crippen LogP) is 7.12. The smallest absolute Gasteiger partial charge is 0.274 e. The molecule has 12 nitrogen and oxygen atoms in total. The fourth-order valence-electron chi connectivity index (χ4n) is 9.93. The maximum Gasteiger partial charge on any atom is 0.274 e. The summed E-state index contributed by atoms with van der Waals surface area (Å²) >= 11 is 1.72. The van der Waals surface area contributed by atoms with Crippen molar-refractivity contribution in [1.29, 1.82) is 0 Å². The van der Waals surface area contributed by atoms with Crippen LogP contribution in [0.15, 0.2) is 55.1 Å². The molecule has 4 amide bonds. The van der Waals surface area contributed by atoms with Gasteiger partial charge < -0.3 is 20.3 Å². The lowest BCUT2D eigenvalue weighted by Crippen LogP contribution is -2.52. The van der Waals surface area contributed by atoms with Gasteiger partial charge in [-0.25, -0.2) is 9.97 Å². The highest BCUT2D eigenvalue weighted by Crippen LogP contribution is 2.51. The van der Waals surface area contributed by atoms with E-state index in [1.807, 2.05) is 49.4 Å². The molecule has 2 saturated carbocycles. The molecule has 1 unspecified atom stereocenters. The minimum Gasteiger partial charge on any atom is -0.494 e. The summed E-state index contributed by atoms with van der Waals surface area (Å²) in [5.74, 6) is 0.500. The molecule has 1 spiro atoms. The number of aryl methyl sites for hydroxylation is 1. The molecule has 1 atom stereocenters. The average Bonchev–Trinajstić information content (AvgIpc) is 3.72. The lowest BCUT2D eigenvalue weighted by molar-refractivity contribution is -0.136. The van der Waals surface area contributed by atoms with Gasteiger partial charge in [0.25, 0.3) is 11.8 Å². The molecule has 5 heterocycles. The van der Waals surface area contributed by atoms with Gasteiger partial charge >= 0.3 is 0 Å². The van der Waals surface area contributed by atoms with Gasteiger partial charge in [0.05, 0.1) is 33.6 Å². The summed E-state index contributed by atoms with van der Waals surface area (Å²) in [6.07, 6.45) is 9.78. The van der Waals surface area contributed by atoms with Crippen molar-refractivity contribution in [1.82, 2.24) is 25.1 Å². The Bertz CT molecular complexity index is 2280. The number of hydrogen-bond acceptors (Lipinski definition) is 10. The Morgan fingerprint density at radius 2 is 1.77 bits per heavy atom. The van der Waals surface area contributed by atoms with Crippen molar-refractivity contribution >= 4 is 62.3 Å². The zero-order valence-corrected chi connectivity index (χ0v) is 33.4. The Morgan fingerprint density at radius 3 is 2.51 bits per heavy atom. The molecule has 0 radical (unpaired) electrons. The van der Waals surface area contributed by atoms with E-state index in [2.05, 4.69) is 32.4 Å². The summed E-state index contributed by atoms with van der Waals surface area (Å²) in [6.45, 7) is 9.45. The molecule has 2 saturated heterocycles. The summed E-state index contributed by atoms with van der Waals surface area (Å²) in [4.78, 5) is 64.6. The maximum atomic E-state index is 13.7. The minimum atomic E-state index is -0.723. The van der Waals surface area contributed by atoms with Crippen LogP contribution in [0.25, 0.3) is 15.9 Å². The normalized spacial score (nSPS) is 23.7. The Balaban J connectivity index is 0.750. The SMILES string of the molecule is C=C1c2cccc(NC3CC4(CCN(C[C@H]5CC[C@H](c6nc7cc(OC)c(NC(=O)c8cccc(C)n8)cc7s6)CC5)CC4)C3)c2C(=O)N1C1CCC(=O)NC1=O. The number of amides is 4. The molecule has 13 heteroatoms. The van der Waals surface area contributed by atoms with Crippen molar-refractivity contribution in [3.05, 3.63) is 82.6 Å². The molecule has 3 N–H and O–H groups in total. The molecular weight excluding hydrogens is 739 g/mol. The van der Waals surface area contributed by atoms with Crippen LogP contribution < -0.4 is 20.7 Å². The van der Waals surface area contributed by atoms with Gasteiger partial charge in [-0.3, -0.25) is 29.4 Å². The van der Waals surface area contributed by atoms with Crippen molar-refractivity contribution in [3.63, 3.8) is 0 Å². The third-order valence-corrected chi connectivity index (χ3v) is 14.2. The highest BCUT2D eigenvalue weighted by molar-refractivity contribution is 7.18.